The van der Waals surface area contributed by atoms with Gasteiger partial charge in [-0.15, -0.1) is 6.58 Å². The molecule has 0 aromatic heterocycles. The van der Waals surface area contributed by atoms with Crippen LogP contribution in [0.1, 0.15) is 31.2 Å². The first-order valence-corrected chi connectivity index (χ1v) is 7.24. The van der Waals surface area contributed by atoms with E-state index >= 15 is 0 Å². The Balaban J connectivity index is 1.87. The van der Waals surface area contributed by atoms with Gasteiger partial charge in [0.25, 0.3) is 0 Å². The summed E-state index contributed by atoms with van der Waals surface area (Å²) in [6.07, 6.45) is 4.88. The minimum atomic E-state index is -0.764. The van der Waals surface area contributed by atoms with Gasteiger partial charge in [0.15, 0.2) is 0 Å². The van der Waals surface area contributed by atoms with E-state index < -0.39 is 5.97 Å². The summed E-state index contributed by atoms with van der Waals surface area (Å²) in [6.45, 7) is 3.68. The highest BCUT2D eigenvalue weighted by Gasteiger charge is 2.30. The molecule has 21 heavy (non-hydrogen) atoms. The molecule has 1 aliphatic rings. The van der Waals surface area contributed by atoms with Crippen molar-refractivity contribution in [3.8, 4) is 5.75 Å². The first kappa shape index (κ1) is 15.3. The van der Waals surface area contributed by atoms with Gasteiger partial charge in [-0.2, -0.15) is 0 Å². The van der Waals surface area contributed by atoms with Gasteiger partial charge in [-0.3, -0.25) is 9.59 Å². The molecule has 1 N–H and O–H groups in total. The molecule has 1 aromatic rings. The van der Waals surface area contributed by atoms with Gasteiger partial charge in [-0.1, -0.05) is 18.2 Å². The standard InChI is InChI=1S/C17H20O4/c1-2-3-12-4-10-15(11-5-12)21-17(20)14-8-6-13(7-9-14)16(18)19/h2,4-5,10-11,13-14H,1,3,6-9H2,(H,18,19). The smallest absolute Gasteiger partial charge is 0.314 e. The summed E-state index contributed by atoms with van der Waals surface area (Å²) < 4.78 is 5.37. The highest BCUT2D eigenvalue weighted by atomic mass is 16.5. The minimum Gasteiger partial charge on any atom is -0.481 e. The van der Waals surface area contributed by atoms with Crippen LogP contribution >= 0.6 is 0 Å². The zero-order valence-corrected chi connectivity index (χ0v) is 12.0. The summed E-state index contributed by atoms with van der Waals surface area (Å²) in [5.41, 5.74) is 1.12. The predicted octanol–water partition coefficient (Wildman–Crippen LogP) is 3.21. The van der Waals surface area contributed by atoms with E-state index in [9.17, 15) is 9.59 Å². The van der Waals surface area contributed by atoms with Crippen molar-refractivity contribution >= 4 is 11.9 Å². The quantitative estimate of drug-likeness (QED) is 0.513. The third kappa shape index (κ3) is 4.18. The number of carboxylic acids is 1. The molecule has 1 aliphatic carbocycles. The average Bonchev–Trinajstić information content (AvgIpc) is 2.49. The topological polar surface area (TPSA) is 63.6 Å². The third-order valence-corrected chi connectivity index (χ3v) is 3.93. The Labute approximate surface area is 124 Å². The van der Waals surface area contributed by atoms with Crippen LogP contribution in [0.3, 0.4) is 0 Å². The zero-order valence-electron chi connectivity index (χ0n) is 12.0. The lowest BCUT2D eigenvalue weighted by Crippen LogP contribution is -2.28. The number of esters is 1. The first-order valence-electron chi connectivity index (χ1n) is 7.24. The molecule has 0 amide bonds. The summed E-state index contributed by atoms with van der Waals surface area (Å²) >= 11 is 0. The Bertz CT molecular complexity index is 510. The molecular weight excluding hydrogens is 268 g/mol. The van der Waals surface area contributed by atoms with Gasteiger partial charge >= 0.3 is 11.9 Å². The van der Waals surface area contributed by atoms with E-state index in [-0.39, 0.29) is 17.8 Å². The van der Waals surface area contributed by atoms with Gasteiger partial charge in [-0.25, -0.2) is 0 Å². The maximum Gasteiger partial charge on any atom is 0.314 e. The number of ether oxygens (including phenoxy) is 1. The molecule has 4 heteroatoms. The summed E-state index contributed by atoms with van der Waals surface area (Å²) in [7, 11) is 0. The van der Waals surface area contributed by atoms with Crippen molar-refractivity contribution in [3.63, 3.8) is 0 Å². The zero-order chi connectivity index (χ0) is 15.2. The summed E-state index contributed by atoms with van der Waals surface area (Å²) in [4.78, 5) is 23.0. The number of hydrogen-bond donors (Lipinski definition) is 1. The fourth-order valence-electron chi connectivity index (χ4n) is 2.64. The Morgan fingerprint density at radius 3 is 2.24 bits per heavy atom. The van der Waals surface area contributed by atoms with Crippen molar-refractivity contribution in [2.24, 2.45) is 11.8 Å². The molecule has 0 unspecified atom stereocenters. The van der Waals surface area contributed by atoms with Crippen molar-refractivity contribution in [1.29, 1.82) is 0 Å². The van der Waals surface area contributed by atoms with E-state index in [1.165, 1.54) is 0 Å². The molecule has 0 spiro atoms. The normalized spacial score (nSPS) is 21.5. The van der Waals surface area contributed by atoms with Gasteiger partial charge < -0.3 is 9.84 Å². The molecule has 0 atom stereocenters. The molecule has 0 heterocycles. The molecule has 1 aromatic carbocycles. The van der Waals surface area contributed by atoms with E-state index in [0.29, 0.717) is 31.4 Å². The minimum absolute atomic E-state index is 0.187. The lowest BCUT2D eigenvalue weighted by atomic mass is 9.82. The van der Waals surface area contributed by atoms with Crippen molar-refractivity contribution in [2.75, 3.05) is 0 Å². The first-order chi connectivity index (χ1) is 10.1. The largest absolute Gasteiger partial charge is 0.481 e. The van der Waals surface area contributed by atoms with E-state index in [0.717, 1.165) is 12.0 Å². The van der Waals surface area contributed by atoms with Crippen molar-refractivity contribution in [1.82, 2.24) is 0 Å². The SMILES string of the molecule is C=CCc1ccc(OC(=O)C2CCC(C(=O)O)CC2)cc1. The Morgan fingerprint density at radius 2 is 1.71 bits per heavy atom. The van der Waals surface area contributed by atoms with Crippen LogP contribution in [0, 0.1) is 11.8 Å². The number of allylic oxidation sites excluding steroid dienone is 1. The maximum absolute atomic E-state index is 12.1. The van der Waals surface area contributed by atoms with Gasteiger partial charge in [0.1, 0.15) is 5.75 Å². The molecule has 112 valence electrons. The van der Waals surface area contributed by atoms with Gasteiger partial charge in [-0.05, 0) is 49.8 Å². The third-order valence-electron chi connectivity index (χ3n) is 3.93. The average molecular weight is 288 g/mol. The molecular formula is C17H20O4. The fraction of sp³-hybridized carbons (Fsp3) is 0.412. The molecule has 1 saturated carbocycles. The molecule has 0 saturated heterocycles. The van der Waals surface area contributed by atoms with Crippen LogP contribution in [-0.4, -0.2) is 17.0 Å². The van der Waals surface area contributed by atoms with E-state index in [1.807, 2.05) is 18.2 Å². The maximum atomic E-state index is 12.1. The monoisotopic (exact) mass is 288 g/mol. The second-order valence-electron chi connectivity index (χ2n) is 5.44. The number of carbonyl (C=O) groups is 2. The second-order valence-corrected chi connectivity index (χ2v) is 5.44. The molecule has 0 bridgehead atoms. The van der Waals surface area contributed by atoms with E-state index in [2.05, 4.69) is 6.58 Å². The number of aliphatic carboxylic acids is 1. The number of carboxylic acid groups (broad SMARTS) is 1. The molecule has 4 nitrogen and oxygen atoms in total. The Hall–Kier alpha value is -2.10. The van der Waals surface area contributed by atoms with Crippen LogP contribution in [0.5, 0.6) is 5.75 Å². The Kier molecular flexibility index (Phi) is 5.14. The fourth-order valence-corrected chi connectivity index (χ4v) is 2.64. The van der Waals surface area contributed by atoms with E-state index in [4.69, 9.17) is 9.84 Å². The van der Waals surface area contributed by atoms with Crippen molar-refractivity contribution in [3.05, 3.63) is 42.5 Å². The molecule has 0 radical (unpaired) electrons. The number of carbonyl (C=O) groups excluding carboxylic acids is 1. The van der Waals surface area contributed by atoms with E-state index in [1.54, 1.807) is 12.1 Å². The summed E-state index contributed by atoms with van der Waals surface area (Å²) in [5.74, 6) is -0.983. The molecule has 2 rings (SSSR count). The molecule has 0 aliphatic heterocycles. The van der Waals surface area contributed by atoms with Crippen LogP contribution in [0.2, 0.25) is 0 Å². The number of hydrogen-bond acceptors (Lipinski definition) is 3. The van der Waals surface area contributed by atoms with Crippen LogP contribution < -0.4 is 4.74 Å². The summed E-state index contributed by atoms with van der Waals surface area (Å²) in [5, 5.41) is 8.94. The van der Waals surface area contributed by atoms with Crippen LogP contribution in [0.15, 0.2) is 36.9 Å². The lowest BCUT2D eigenvalue weighted by Gasteiger charge is -2.24. The highest BCUT2D eigenvalue weighted by molar-refractivity contribution is 5.76. The Morgan fingerprint density at radius 1 is 1.14 bits per heavy atom. The summed E-state index contributed by atoms with van der Waals surface area (Å²) in [6, 6.07) is 7.37. The predicted molar refractivity (Wildman–Crippen MR) is 79.1 cm³/mol. The second kappa shape index (κ2) is 7.07. The van der Waals surface area contributed by atoms with Gasteiger partial charge in [0.05, 0.1) is 11.8 Å². The lowest BCUT2D eigenvalue weighted by molar-refractivity contribution is -0.146. The highest BCUT2D eigenvalue weighted by Crippen LogP contribution is 2.30. The van der Waals surface area contributed by atoms with Crippen LogP contribution in [0.25, 0.3) is 0 Å². The van der Waals surface area contributed by atoms with Crippen molar-refractivity contribution < 1.29 is 19.4 Å². The number of benzene rings is 1. The number of rotatable bonds is 5. The van der Waals surface area contributed by atoms with Crippen LogP contribution in [0.4, 0.5) is 0 Å². The van der Waals surface area contributed by atoms with Crippen LogP contribution in [-0.2, 0) is 16.0 Å². The van der Waals surface area contributed by atoms with Crippen molar-refractivity contribution in [2.45, 2.75) is 32.1 Å². The van der Waals surface area contributed by atoms with Gasteiger partial charge in [0, 0.05) is 0 Å². The van der Waals surface area contributed by atoms with Gasteiger partial charge in [0.2, 0.25) is 0 Å². The molecule has 1 fully saturated rings.